The summed E-state index contributed by atoms with van der Waals surface area (Å²) in [6, 6.07) is 6.37. The van der Waals surface area contributed by atoms with Crippen LogP contribution in [0.1, 0.15) is 5.69 Å². The lowest BCUT2D eigenvalue weighted by atomic mass is 10.1. The second kappa shape index (κ2) is 3.38. The van der Waals surface area contributed by atoms with Crippen LogP contribution in [-0.4, -0.2) is 14.6 Å². The van der Waals surface area contributed by atoms with Gasteiger partial charge in [-0.25, -0.2) is 13.9 Å². The maximum Gasteiger partial charge on any atom is 0.212 e. The molecule has 2 heterocycles. The number of imidazole rings is 1. The number of rotatable bonds is 1. The Morgan fingerprint density at radius 1 is 1.25 bits per heavy atom. The van der Waals surface area contributed by atoms with Crippen molar-refractivity contribution in [3.05, 3.63) is 41.3 Å². The Balaban J connectivity index is 2.28. The maximum absolute atomic E-state index is 12.8. The van der Waals surface area contributed by atoms with Crippen LogP contribution in [0.25, 0.3) is 16.2 Å². The summed E-state index contributed by atoms with van der Waals surface area (Å²) in [5.74, 6) is -0.236. The van der Waals surface area contributed by atoms with Crippen molar-refractivity contribution in [3.63, 3.8) is 0 Å². The second-order valence-corrected chi connectivity index (χ2v) is 4.30. The molecule has 0 amide bonds. The lowest BCUT2D eigenvalue weighted by Gasteiger charge is -1.99. The Morgan fingerprint density at radius 2 is 2.00 bits per heavy atom. The molecule has 0 atom stereocenters. The highest BCUT2D eigenvalue weighted by atomic mass is 32.1. The summed E-state index contributed by atoms with van der Waals surface area (Å²) in [5.41, 5.74) is 4.51. The minimum absolute atomic E-state index is 0.236. The van der Waals surface area contributed by atoms with Crippen LogP contribution in [0.3, 0.4) is 0 Å². The molecule has 1 aromatic carbocycles. The van der Waals surface area contributed by atoms with E-state index >= 15 is 0 Å². The van der Waals surface area contributed by atoms with E-state index in [9.17, 15) is 4.39 Å². The van der Waals surface area contributed by atoms with Gasteiger partial charge in [-0.3, -0.25) is 0 Å². The van der Waals surface area contributed by atoms with Gasteiger partial charge in [0.15, 0.2) is 0 Å². The fourth-order valence-corrected chi connectivity index (χ4v) is 2.40. The number of fused-ring (bicyclic) bond motifs is 1. The van der Waals surface area contributed by atoms with Crippen LogP contribution < -0.4 is 0 Å². The number of hydrogen-bond acceptors (Lipinski definition) is 3. The Labute approximate surface area is 95.2 Å². The lowest BCUT2D eigenvalue weighted by Crippen LogP contribution is -1.89. The quantitative estimate of drug-likeness (QED) is 0.647. The van der Waals surface area contributed by atoms with E-state index in [1.165, 1.54) is 23.5 Å². The predicted octanol–water partition coefficient (Wildman–Crippen LogP) is 2.91. The number of nitrogens with zero attached hydrogens (tertiary/aromatic N) is 3. The average Bonchev–Trinajstić information content (AvgIpc) is 2.79. The van der Waals surface area contributed by atoms with E-state index in [1.807, 2.05) is 6.92 Å². The first-order valence-electron chi connectivity index (χ1n) is 4.80. The predicted molar refractivity (Wildman–Crippen MR) is 61.0 cm³/mol. The van der Waals surface area contributed by atoms with Gasteiger partial charge in [0.25, 0.3) is 0 Å². The van der Waals surface area contributed by atoms with Gasteiger partial charge in [0.05, 0.1) is 11.4 Å². The molecular formula is C11H8FN3S. The Hall–Kier alpha value is -1.75. The molecule has 3 rings (SSSR count). The number of hydrogen-bond donors (Lipinski definition) is 0. The van der Waals surface area contributed by atoms with Crippen molar-refractivity contribution in [1.29, 1.82) is 0 Å². The molecule has 0 unspecified atom stereocenters. The Morgan fingerprint density at radius 3 is 2.75 bits per heavy atom. The van der Waals surface area contributed by atoms with Crippen molar-refractivity contribution in [2.45, 2.75) is 6.92 Å². The number of aryl methyl sites for hydroxylation is 1. The summed E-state index contributed by atoms with van der Waals surface area (Å²) in [5, 5.41) is 4.22. The van der Waals surface area contributed by atoms with Crippen molar-refractivity contribution < 1.29 is 4.39 Å². The van der Waals surface area contributed by atoms with Gasteiger partial charge in [-0.15, -0.1) is 0 Å². The van der Waals surface area contributed by atoms with Gasteiger partial charge in [-0.2, -0.15) is 5.10 Å². The van der Waals surface area contributed by atoms with E-state index in [2.05, 4.69) is 10.1 Å². The Bertz CT molecular complexity index is 639. The second-order valence-electron chi connectivity index (χ2n) is 3.49. The minimum Gasteiger partial charge on any atom is -0.222 e. The van der Waals surface area contributed by atoms with Crippen molar-refractivity contribution >= 4 is 16.3 Å². The highest BCUT2D eigenvalue weighted by molar-refractivity contribution is 7.14. The van der Waals surface area contributed by atoms with Crippen LogP contribution in [0, 0.1) is 12.7 Å². The maximum atomic E-state index is 12.8. The van der Waals surface area contributed by atoms with Gasteiger partial charge in [0.1, 0.15) is 11.3 Å². The van der Waals surface area contributed by atoms with E-state index in [0.717, 1.165) is 21.9 Å². The van der Waals surface area contributed by atoms with Crippen molar-refractivity contribution in [3.8, 4) is 11.3 Å². The summed E-state index contributed by atoms with van der Waals surface area (Å²) in [6.07, 6.45) is 0. The third-order valence-electron chi connectivity index (χ3n) is 2.44. The molecule has 0 radical (unpaired) electrons. The highest BCUT2D eigenvalue weighted by Crippen LogP contribution is 2.25. The summed E-state index contributed by atoms with van der Waals surface area (Å²) < 4.78 is 14.6. The summed E-state index contributed by atoms with van der Waals surface area (Å²) >= 11 is 1.49. The molecule has 0 spiro atoms. The van der Waals surface area contributed by atoms with E-state index in [0.29, 0.717) is 0 Å². The van der Waals surface area contributed by atoms with E-state index in [-0.39, 0.29) is 5.82 Å². The first kappa shape index (κ1) is 9.47. The minimum atomic E-state index is -0.236. The van der Waals surface area contributed by atoms with Crippen LogP contribution >= 0.6 is 11.3 Å². The number of aromatic nitrogens is 3. The van der Waals surface area contributed by atoms with E-state index < -0.39 is 0 Å². The summed E-state index contributed by atoms with van der Waals surface area (Å²) in [6.45, 7) is 1.93. The van der Waals surface area contributed by atoms with Crippen LogP contribution in [0.4, 0.5) is 4.39 Å². The van der Waals surface area contributed by atoms with Crippen molar-refractivity contribution in [1.82, 2.24) is 14.6 Å². The van der Waals surface area contributed by atoms with E-state index in [4.69, 9.17) is 0 Å². The molecule has 0 aliphatic rings. The van der Waals surface area contributed by atoms with Gasteiger partial charge >= 0.3 is 0 Å². The van der Waals surface area contributed by atoms with Gasteiger partial charge < -0.3 is 0 Å². The fourth-order valence-electron chi connectivity index (χ4n) is 1.73. The topological polar surface area (TPSA) is 30.2 Å². The molecule has 0 fully saturated rings. The first-order chi connectivity index (χ1) is 7.75. The average molecular weight is 233 g/mol. The third-order valence-corrected chi connectivity index (χ3v) is 3.11. The van der Waals surface area contributed by atoms with Gasteiger partial charge in [0, 0.05) is 5.56 Å². The molecule has 0 saturated heterocycles. The highest BCUT2D eigenvalue weighted by Gasteiger charge is 2.12. The zero-order chi connectivity index (χ0) is 11.1. The third kappa shape index (κ3) is 1.32. The fraction of sp³-hybridized carbons (Fsp3) is 0.0909. The normalized spacial score (nSPS) is 11.1. The van der Waals surface area contributed by atoms with Crippen LogP contribution in [0.2, 0.25) is 0 Å². The number of halogens is 1. The van der Waals surface area contributed by atoms with Crippen molar-refractivity contribution in [2.75, 3.05) is 0 Å². The van der Waals surface area contributed by atoms with Gasteiger partial charge in [0.2, 0.25) is 4.96 Å². The van der Waals surface area contributed by atoms with Crippen molar-refractivity contribution in [2.24, 2.45) is 0 Å². The molecule has 3 nitrogen and oxygen atoms in total. The molecule has 0 aliphatic carbocycles. The molecule has 16 heavy (non-hydrogen) atoms. The molecule has 3 aromatic rings. The molecule has 5 heteroatoms. The molecule has 0 N–H and O–H groups in total. The standard InChI is InChI=1S/C11H8FN3S/c1-7-10(8-2-4-9(12)5-3-8)15-11(14-7)16-6-13-15/h2-6H,1H3. The molecule has 0 saturated carbocycles. The largest absolute Gasteiger partial charge is 0.222 e. The Kier molecular flexibility index (Phi) is 2.00. The van der Waals surface area contributed by atoms with Crippen LogP contribution in [-0.2, 0) is 0 Å². The SMILES string of the molecule is Cc1nc2scnn2c1-c1ccc(F)cc1. The summed E-state index contributed by atoms with van der Waals surface area (Å²) in [4.78, 5) is 5.26. The first-order valence-corrected chi connectivity index (χ1v) is 5.68. The molecule has 0 aliphatic heterocycles. The zero-order valence-electron chi connectivity index (χ0n) is 8.51. The lowest BCUT2D eigenvalue weighted by molar-refractivity contribution is 0.628. The molecule has 2 aromatic heterocycles. The monoisotopic (exact) mass is 233 g/mol. The summed E-state index contributed by atoms with van der Waals surface area (Å²) in [7, 11) is 0. The molecule has 80 valence electrons. The smallest absolute Gasteiger partial charge is 0.212 e. The van der Waals surface area contributed by atoms with Crippen LogP contribution in [0.5, 0.6) is 0 Å². The van der Waals surface area contributed by atoms with Gasteiger partial charge in [-0.05, 0) is 31.2 Å². The van der Waals surface area contributed by atoms with Gasteiger partial charge in [-0.1, -0.05) is 11.3 Å². The molecule has 0 bridgehead atoms. The van der Waals surface area contributed by atoms with Crippen LogP contribution in [0.15, 0.2) is 29.8 Å². The number of benzene rings is 1. The van der Waals surface area contributed by atoms with E-state index in [1.54, 1.807) is 22.2 Å². The zero-order valence-corrected chi connectivity index (χ0v) is 9.33. The molecular weight excluding hydrogens is 225 g/mol.